The Morgan fingerprint density at radius 3 is 3.00 bits per heavy atom. The fourth-order valence-corrected chi connectivity index (χ4v) is 5.33. The first-order valence-corrected chi connectivity index (χ1v) is 11.6. The Kier molecular flexibility index (Phi) is 4.31. The van der Waals surface area contributed by atoms with Gasteiger partial charge in [-0.2, -0.15) is 10.4 Å². The topological polar surface area (TPSA) is 98.4 Å². The number of hydrogen-bond donors (Lipinski definition) is 1. The second kappa shape index (κ2) is 7.55. The number of likely N-dealkylation sites (N-methyl/N-ethyl adjacent to an activating group) is 1. The van der Waals surface area contributed by atoms with E-state index in [-0.39, 0.29) is 0 Å². The minimum Gasteiger partial charge on any atom is -0.489 e. The Bertz CT molecular complexity index is 1640. The third-order valence-corrected chi connectivity index (χ3v) is 7.09. The van der Waals surface area contributed by atoms with Gasteiger partial charge in [-0.05, 0) is 43.4 Å². The normalized spacial score (nSPS) is 17.7. The number of rotatable bonds is 2. The van der Waals surface area contributed by atoms with Gasteiger partial charge in [-0.3, -0.25) is 9.50 Å². The molecule has 1 N–H and O–H groups in total. The number of ether oxygens (including phenoxy) is 1. The van der Waals surface area contributed by atoms with Crippen molar-refractivity contribution in [2.24, 2.45) is 0 Å². The van der Waals surface area contributed by atoms with Crippen molar-refractivity contribution in [3.8, 4) is 34.2 Å². The fourth-order valence-electron chi connectivity index (χ4n) is 5.33. The number of pyridine rings is 1. The minimum atomic E-state index is 0.380. The third-order valence-electron chi connectivity index (χ3n) is 7.09. The molecule has 7 rings (SSSR count). The molecule has 0 saturated carbocycles. The van der Waals surface area contributed by atoms with Crippen LogP contribution >= 0.6 is 0 Å². The number of benzene rings is 2. The number of nitrogens with one attached hydrogen (secondary N) is 1. The van der Waals surface area contributed by atoms with Gasteiger partial charge in [0.1, 0.15) is 24.4 Å². The third kappa shape index (κ3) is 3.07. The highest BCUT2D eigenvalue weighted by molar-refractivity contribution is 5.99. The number of piperazine rings is 1. The first-order chi connectivity index (χ1) is 17.2. The van der Waals surface area contributed by atoms with Crippen molar-refractivity contribution < 1.29 is 4.74 Å². The first-order valence-electron chi connectivity index (χ1n) is 11.6. The molecule has 35 heavy (non-hydrogen) atoms. The van der Waals surface area contributed by atoms with Crippen LogP contribution in [0.4, 0.5) is 5.69 Å². The zero-order valence-corrected chi connectivity index (χ0v) is 19.1. The lowest BCUT2D eigenvalue weighted by atomic mass is 9.97. The SMILES string of the molecule is CN1CCN2c3ccc(-c4n[nH]c5cc(C#N)c(-c6cccn7cnnc67)cc45)cc3OCC2C1. The quantitative estimate of drug-likeness (QED) is 0.430. The van der Waals surface area contributed by atoms with E-state index < -0.39 is 0 Å². The van der Waals surface area contributed by atoms with Crippen LogP contribution < -0.4 is 9.64 Å². The molecule has 9 heteroatoms. The monoisotopic (exact) mass is 462 g/mol. The predicted molar refractivity (Wildman–Crippen MR) is 132 cm³/mol. The van der Waals surface area contributed by atoms with Crippen molar-refractivity contribution in [1.29, 1.82) is 5.26 Å². The zero-order valence-electron chi connectivity index (χ0n) is 19.1. The molecule has 9 nitrogen and oxygen atoms in total. The minimum absolute atomic E-state index is 0.380. The van der Waals surface area contributed by atoms with E-state index in [9.17, 15) is 5.26 Å². The average Bonchev–Trinajstić information content (AvgIpc) is 3.54. The van der Waals surface area contributed by atoms with Gasteiger partial charge in [-0.1, -0.05) is 6.07 Å². The maximum absolute atomic E-state index is 9.88. The summed E-state index contributed by atoms with van der Waals surface area (Å²) in [6, 6.07) is 16.8. The van der Waals surface area contributed by atoms with Gasteiger partial charge in [0.05, 0.1) is 28.9 Å². The number of H-pyrrole nitrogens is 1. The van der Waals surface area contributed by atoms with Crippen LogP contribution in [0.2, 0.25) is 0 Å². The van der Waals surface area contributed by atoms with E-state index in [0.717, 1.165) is 64.4 Å². The van der Waals surface area contributed by atoms with E-state index in [1.807, 2.05) is 34.9 Å². The van der Waals surface area contributed by atoms with E-state index in [1.54, 1.807) is 6.33 Å². The summed E-state index contributed by atoms with van der Waals surface area (Å²) in [4.78, 5) is 4.81. The number of nitrogens with zero attached hydrogens (tertiary/aromatic N) is 7. The lowest BCUT2D eigenvalue weighted by Gasteiger charge is -2.44. The molecule has 172 valence electrons. The van der Waals surface area contributed by atoms with E-state index in [4.69, 9.17) is 4.74 Å². The number of aromatic nitrogens is 5. The lowest BCUT2D eigenvalue weighted by Crippen LogP contribution is -2.56. The number of aromatic amines is 1. The van der Waals surface area contributed by atoms with Crippen molar-refractivity contribution in [1.82, 2.24) is 29.7 Å². The molecule has 0 amide bonds. The van der Waals surface area contributed by atoms with Gasteiger partial charge in [-0.25, -0.2) is 0 Å². The van der Waals surface area contributed by atoms with Crippen LogP contribution in [0.25, 0.3) is 38.9 Å². The summed E-state index contributed by atoms with van der Waals surface area (Å²) in [6.45, 7) is 3.73. The largest absolute Gasteiger partial charge is 0.489 e. The Morgan fingerprint density at radius 2 is 2.09 bits per heavy atom. The molecule has 5 aromatic rings. The van der Waals surface area contributed by atoms with Crippen LogP contribution in [0.5, 0.6) is 5.75 Å². The highest BCUT2D eigenvalue weighted by Crippen LogP contribution is 2.40. The van der Waals surface area contributed by atoms with Gasteiger partial charge in [0.15, 0.2) is 5.65 Å². The first kappa shape index (κ1) is 20.0. The number of nitriles is 1. The number of anilines is 1. The van der Waals surface area contributed by atoms with Crippen molar-refractivity contribution in [2.45, 2.75) is 6.04 Å². The van der Waals surface area contributed by atoms with E-state index in [2.05, 4.69) is 61.5 Å². The van der Waals surface area contributed by atoms with Crippen molar-refractivity contribution in [3.63, 3.8) is 0 Å². The summed E-state index contributed by atoms with van der Waals surface area (Å²) in [5, 5.41) is 26.8. The maximum Gasteiger partial charge on any atom is 0.168 e. The van der Waals surface area contributed by atoms with Crippen LogP contribution in [0.1, 0.15) is 5.56 Å². The Labute approximate surface area is 201 Å². The molecule has 1 atom stereocenters. The summed E-state index contributed by atoms with van der Waals surface area (Å²) in [7, 11) is 2.16. The molecule has 2 aromatic carbocycles. The maximum atomic E-state index is 9.88. The molecule has 1 unspecified atom stereocenters. The highest BCUT2D eigenvalue weighted by atomic mass is 16.5. The molecule has 0 spiro atoms. The van der Waals surface area contributed by atoms with Crippen molar-refractivity contribution in [3.05, 3.63) is 60.6 Å². The second-order valence-electron chi connectivity index (χ2n) is 9.21. The molecule has 3 aromatic heterocycles. The predicted octanol–water partition coefficient (Wildman–Crippen LogP) is 3.32. The number of hydrogen-bond acceptors (Lipinski definition) is 7. The van der Waals surface area contributed by atoms with E-state index in [0.29, 0.717) is 23.9 Å². The molecular formula is C26H22N8O. The van der Waals surface area contributed by atoms with Crippen molar-refractivity contribution in [2.75, 3.05) is 38.2 Å². The summed E-state index contributed by atoms with van der Waals surface area (Å²) >= 11 is 0. The zero-order chi connectivity index (χ0) is 23.5. The van der Waals surface area contributed by atoms with Crippen LogP contribution in [0, 0.1) is 11.3 Å². The summed E-state index contributed by atoms with van der Waals surface area (Å²) in [6.07, 6.45) is 3.55. The van der Waals surface area contributed by atoms with Crippen LogP contribution in [-0.4, -0.2) is 69.0 Å². The molecule has 2 aliphatic heterocycles. The van der Waals surface area contributed by atoms with Gasteiger partial charge in [0.25, 0.3) is 0 Å². The standard InChI is InChI=1S/C26H22N8O/c1-32-7-8-34-18(13-32)14-35-24-10-16(4-5-23(24)34)25-21-11-20(17(12-27)9-22(21)29-30-25)19-3-2-6-33-15-28-31-26(19)33/h2-6,9-11,15,18H,7-8,13-14H2,1H3,(H,29,30). The summed E-state index contributed by atoms with van der Waals surface area (Å²) in [5.74, 6) is 0.890. The molecule has 0 bridgehead atoms. The molecule has 1 saturated heterocycles. The Balaban J connectivity index is 1.35. The smallest absolute Gasteiger partial charge is 0.168 e. The van der Waals surface area contributed by atoms with E-state index >= 15 is 0 Å². The fraction of sp³-hybridized carbons (Fsp3) is 0.231. The van der Waals surface area contributed by atoms with Crippen LogP contribution in [0.15, 0.2) is 55.0 Å². The van der Waals surface area contributed by atoms with Gasteiger partial charge in [0, 0.05) is 47.9 Å². The average molecular weight is 463 g/mol. The van der Waals surface area contributed by atoms with Crippen molar-refractivity contribution >= 4 is 22.2 Å². The molecule has 0 aliphatic carbocycles. The molecule has 0 radical (unpaired) electrons. The summed E-state index contributed by atoms with van der Waals surface area (Å²) in [5.41, 5.74) is 6.66. The molecule has 2 aliphatic rings. The molecular weight excluding hydrogens is 440 g/mol. The molecule has 5 heterocycles. The summed E-state index contributed by atoms with van der Waals surface area (Å²) < 4.78 is 8.04. The second-order valence-corrected chi connectivity index (χ2v) is 9.21. The van der Waals surface area contributed by atoms with Crippen LogP contribution in [0.3, 0.4) is 0 Å². The van der Waals surface area contributed by atoms with Gasteiger partial charge in [0.2, 0.25) is 0 Å². The Morgan fingerprint density at radius 1 is 1.14 bits per heavy atom. The Hall–Kier alpha value is -4.42. The van der Waals surface area contributed by atoms with Crippen LogP contribution in [-0.2, 0) is 0 Å². The highest BCUT2D eigenvalue weighted by Gasteiger charge is 2.32. The lowest BCUT2D eigenvalue weighted by molar-refractivity contribution is 0.188. The van der Waals surface area contributed by atoms with E-state index in [1.165, 1.54) is 0 Å². The molecule has 1 fully saturated rings. The van der Waals surface area contributed by atoms with Gasteiger partial charge in [-0.15, -0.1) is 10.2 Å². The van der Waals surface area contributed by atoms with Gasteiger partial charge >= 0.3 is 0 Å². The number of fused-ring (bicyclic) bond motifs is 5. The van der Waals surface area contributed by atoms with Gasteiger partial charge < -0.3 is 14.5 Å².